The van der Waals surface area contributed by atoms with E-state index in [9.17, 15) is 4.79 Å². The minimum atomic E-state index is -0.540. The molecule has 144 valence electrons. The van der Waals surface area contributed by atoms with Gasteiger partial charge in [0.05, 0.1) is 11.4 Å². The van der Waals surface area contributed by atoms with Gasteiger partial charge in [0.25, 0.3) is 0 Å². The van der Waals surface area contributed by atoms with Crippen LogP contribution in [0.15, 0.2) is 85.5 Å². The zero-order valence-electron chi connectivity index (χ0n) is 15.4. The van der Waals surface area contributed by atoms with E-state index in [0.717, 1.165) is 11.3 Å². The number of anilines is 3. The lowest BCUT2D eigenvalue weighted by atomic mass is 10.0. The topological polar surface area (TPSA) is 71.8 Å². The van der Waals surface area contributed by atoms with E-state index in [0.29, 0.717) is 5.56 Å². The molecule has 1 heterocycles. The molecule has 1 amide bonds. The van der Waals surface area contributed by atoms with Crippen molar-refractivity contribution >= 4 is 23.0 Å². The van der Waals surface area contributed by atoms with Crippen molar-refractivity contribution in [1.82, 2.24) is 14.8 Å². The van der Waals surface area contributed by atoms with Crippen molar-refractivity contribution in [2.75, 3.05) is 10.6 Å². The Hall–Kier alpha value is -4.00. The summed E-state index contributed by atoms with van der Waals surface area (Å²) in [5.74, 6) is -0.939. The summed E-state index contributed by atoms with van der Waals surface area (Å²) in [6.07, 6.45) is 2.77. The van der Waals surface area contributed by atoms with E-state index < -0.39 is 11.7 Å². The molecule has 0 atom stereocenters. The van der Waals surface area contributed by atoms with Gasteiger partial charge in [-0.3, -0.25) is 4.79 Å². The third-order valence-electron chi connectivity index (χ3n) is 4.32. The van der Waals surface area contributed by atoms with Crippen LogP contribution in [0.25, 0.3) is 11.1 Å². The second-order valence-electron chi connectivity index (χ2n) is 6.35. The minimum absolute atomic E-state index is 0.0655. The van der Waals surface area contributed by atoms with Crippen molar-refractivity contribution in [2.24, 2.45) is 0 Å². The SMILES string of the molecule is O=C(Cn1cncn1)Nc1c(-c2ccccc2)ccc(Nc2ccccc2)c1F. The molecule has 0 unspecified atom stereocenters. The molecule has 7 heteroatoms. The molecular formula is C22H18FN5O. The molecule has 29 heavy (non-hydrogen) atoms. The predicted molar refractivity (Wildman–Crippen MR) is 110 cm³/mol. The Balaban J connectivity index is 1.70. The summed E-state index contributed by atoms with van der Waals surface area (Å²) in [5.41, 5.74) is 2.52. The van der Waals surface area contributed by atoms with Crippen LogP contribution in [0.3, 0.4) is 0 Å². The number of hydrogen-bond acceptors (Lipinski definition) is 4. The monoisotopic (exact) mass is 387 g/mol. The van der Waals surface area contributed by atoms with Crippen LogP contribution in [0.2, 0.25) is 0 Å². The smallest absolute Gasteiger partial charge is 0.246 e. The van der Waals surface area contributed by atoms with Gasteiger partial charge in [-0.1, -0.05) is 54.6 Å². The number of amides is 1. The molecule has 0 fully saturated rings. The van der Waals surface area contributed by atoms with E-state index in [-0.39, 0.29) is 17.9 Å². The van der Waals surface area contributed by atoms with Crippen molar-refractivity contribution in [3.05, 3.63) is 91.3 Å². The quantitative estimate of drug-likeness (QED) is 0.512. The number of hydrogen-bond donors (Lipinski definition) is 2. The second kappa shape index (κ2) is 8.35. The molecule has 0 spiro atoms. The predicted octanol–water partition coefficient (Wildman–Crippen LogP) is 4.47. The van der Waals surface area contributed by atoms with Crippen molar-refractivity contribution in [2.45, 2.75) is 6.54 Å². The van der Waals surface area contributed by atoms with Crippen LogP contribution in [-0.4, -0.2) is 20.7 Å². The van der Waals surface area contributed by atoms with E-state index in [1.807, 2.05) is 60.7 Å². The number of nitrogens with zero attached hydrogens (tertiary/aromatic N) is 3. The van der Waals surface area contributed by atoms with Crippen molar-refractivity contribution < 1.29 is 9.18 Å². The van der Waals surface area contributed by atoms with E-state index in [1.54, 1.807) is 12.1 Å². The number of para-hydroxylation sites is 1. The zero-order chi connectivity index (χ0) is 20.1. The maximum absolute atomic E-state index is 15.4. The highest BCUT2D eigenvalue weighted by Crippen LogP contribution is 2.35. The number of benzene rings is 3. The van der Waals surface area contributed by atoms with Crippen molar-refractivity contribution in [1.29, 1.82) is 0 Å². The molecule has 6 nitrogen and oxygen atoms in total. The Morgan fingerprint density at radius 3 is 2.38 bits per heavy atom. The van der Waals surface area contributed by atoms with Crippen LogP contribution < -0.4 is 10.6 Å². The molecule has 4 rings (SSSR count). The Labute approximate surface area is 167 Å². The van der Waals surface area contributed by atoms with Crippen LogP contribution in [-0.2, 0) is 11.3 Å². The fourth-order valence-corrected chi connectivity index (χ4v) is 2.97. The Kier molecular flexibility index (Phi) is 5.29. The summed E-state index contributed by atoms with van der Waals surface area (Å²) in [6.45, 7) is -0.0655. The standard InChI is InChI=1S/C22H18FN5O/c23-21-19(26-17-9-5-2-6-10-17)12-11-18(16-7-3-1-4-8-16)22(21)27-20(29)13-28-15-24-14-25-28/h1-12,14-15,26H,13H2,(H,27,29). The summed E-state index contributed by atoms with van der Waals surface area (Å²) >= 11 is 0. The fourth-order valence-electron chi connectivity index (χ4n) is 2.97. The van der Waals surface area contributed by atoms with Gasteiger partial charge < -0.3 is 10.6 Å². The second-order valence-corrected chi connectivity index (χ2v) is 6.35. The van der Waals surface area contributed by atoms with Crippen LogP contribution >= 0.6 is 0 Å². The number of halogens is 1. The fraction of sp³-hybridized carbons (Fsp3) is 0.0455. The molecule has 2 N–H and O–H groups in total. The summed E-state index contributed by atoms with van der Waals surface area (Å²) in [7, 11) is 0. The first-order valence-corrected chi connectivity index (χ1v) is 9.03. The first kappa shape index (κ1) is 18.4. The molecular weight excluding hydrogens is 369 g/mol. The molecule has 0 saturated carbocycles. The Morgan fingerprint density at radius 2 is 1.69 bits per heavy atom. The largest absolute Gasteiger partial charge is 0.353 e. The molecule has 0 aliphatic heterocycles. The van der Waals surface area contributed by atoms with E-state index >= 15 is 4.39 Å². The number of aromatic nitrogens is 3. The first-order valence-electron chi connectivity index (χ1n) is 9.03. The molecule has 0 bridgehead atoms. The Morgan fingerprint density at radius 1 is 0.966 bits per heavy atom. The lowest BCUT2D eigenvalue weighted by molar-refractivity contribution is -0.116. The third kappa shape index (κ3) is 4.30. The van der Waals surface area contributed by atoms with E-state index in [1.165, 1.54) is 17.3 Å². The summed E-state index contributed by atoms with van der Waals surface area (Å²) in [4.78, 5) is 16.3. The average Bonchev–Trinajstić information content (AvgIpc) is 3.25. The molecule has 0 saturated heterocycles. The highest BCUT2D eigenvalue weighted by Gasteiger charge is 2.18. The van der Waals surface area contributed by atoms with Gasteiger partial charge >= 0.3 is 0 Å². The molecule has 4 aromatic rings. The molecule has 0 aliphatic rings. The first-order chi connectivity index (χ1) is 14.2. The summed E-state index contributed by atoms with van der Waals surface area (Å²) < 4.78 is 16.8. The van der Waals surface area contributed by atoms with Crippen LogP contribution in [0.4, 0.5) is 21.5 Å². The number of nitrogens with one attached hydrogen (secondary N) is 2. The van der Waals surface area contributed by atoms with Gasteiger partial charge in [-0.15, -0.1) is 0 Å². The maximum Gasteiger partial charge on any atom is 0.246 e. The van der Waals surface area contributed by atoms with Crippen molar-refractivity contribution in [3.63, 3.8) is 0 Å². The van der Waals surface area contributed by atoms with Crippen LogP contribution in [0.1, 0.15) is 0 Å². The maximum atomic E-state index is 15.4. The Bertz CT molecular complexity index is 1100. The lowest BCUT2D eigenvalue weighted by Gasteiger charge is -2.16. The highest BCUT2D eigenvalue weighted by atomic mass is 19.1. The normalized spacial score (nSPS) is 10.5. The van der Waals surface area contributed by atoms with Crippen LogP contribution in [0.5, 0.6) is 0 Å². The van der Waals surface area contributed by atoms with Gasteiger partial charge in [-0.05, 0) is 23.8 Å². The average molecular weight is 387 g/mol. The van der Waals surface area contributed by atoms with Crippen LogP contribution in [0, 0.1) is 5.82 Å². The number of carbonyl (C=O) groups is 1. The van der Waals surface area contributed by atoms with Gasteiger partial charge in [0.1, 0.15) is 19.2 Å². The van der Waals surface area contributed by atoms with Gasteiger partial charge in [-0.2, -0.15) is 5.10 Å². The third-order valence-corrected chi connectivity index (χ3v) is 4.32. The van der Waals surface area contributed by atoms with Gasteiger partial charge in [0.2, 0.25) is 5.91 Å². The van der Waals surface area contributed by atoms with E-state index in [2.05, 4.69) is 20.7 Å². The molecule has 0 aliphatic carbocycles. The molecule has 3 aromatic carbocycles. The van der Waals surface area contributed by atoms with Gasteiger partial charge in [-0.25, -0.2) is 14.1 Å². The molecule has 1 aromatic heterocycles. The van der Waals surface area contributed by atoms with Crippen molar-refractivity contribution in [3.8, 4) is 11.1 Å². The van der Waals surface area contributed by atoms with Gasteiger partial charge in [0, 0.05) is 11.3 Å². The zero-order valence-corrected chi connectivity index (χ0v) is 15.4. The highest BCUT2D eigenvalue weighted by molar-refractivity contribution is 5.96. The lowest BCUT2D eigenvalue weighted by Crippen LogP contribution is -2.20. The summed E-state index contributed by atoms with van der Waals surface area (Å²) in [6, 6.07) is 22.1. The number of carbonyl (C=O) groups excluding carboxylic acids is 1. The molecule has 0 radical (unpaired) electrons. The number of rotatable bonds is 6. The minimum Gasteiger partial charge on any atom is -0.353 e. The summed E-state index contributed by atoms with van der Waals surface area (Å²) in [5, 5.41) is 9.67. The van der Waals surface area contributed by atoms with Gasteiger partial charge in [0.15, 0.2) is 5.82 Å². The van der Waals surface area contributed by atoms with E-state index in [4.69, 9.17) is 0 Å².